The second-order valence-electron chi connectivity index (χ2n) is 8.90. The van der Waals surface area contributed by atoms with Crippen LogP contribution in [0.1, 0.15) is 51.8 Å². The standard InChI is InChI=1S/C24H31N3O2/c1-17-13-22(18(2)27(17)21-4-5-21)23(28)16-26-10-8-25(9-11-26)15-19-3-6-24-20(14-19)7-12-29-24/h3,6,13-14,21H,4-5,7-12,15-16H2,1-2H3. The lowest BCUT2D eigenvalue weighted by Gasteiger charge is -2.34. The average molecular weight is 394 g/mol. The molecule has 2 aliphatic heterocycles. The fraction of sp³-hybridized carbons (Fsp3) is 0.542. The van der Waals surface area contributed by atoms with Crippen LogP contribution in [0, 0.1) is 13.8 Å². The van der Waals surface area contributed by atoms with Crippen molar-refractivity contribution in [1.82, 2.24) is 14.4 Å². The summed E-state index contributed by atoms with van der Waals surface area (Å²) in [6.07, 6.45) is 3.53. The molecular weight excluding hydrogens is 362 g/mol. The van der Waals surface area contributed by atoms with Crippen molar-refractivity contribution in [3.63, 3.8) is 0 Å². The fourth-order valence-electron chi connectivity index (χ4n) is 4.94. The Hall–Kier alpha value is -2.11. The Morgan fingerprint density at radius 1 is 1.07 bits per heavy atom. The SMILES string of the molecule is Cc1cc(C(=O)CN2CCN(Cc3ccc4c(c3)CCO4)CC2)c(C)n1C1CC1. The van der Waals surface area contributed by atoms with E-state index in [4.69, 9.17) is 4.74 Å². The molecule has 1 aliphatic carbocycles. The summed E-state index contributed by atoms with van der Waals surface area (Å²) in [6, 6.07) is 9.34. The van der Waals surface area contributed by atoms with E-state index in [1.165, 1.54) is 29.7 Å². The molecule has 0 unspecified atom stereocenters. The van der Waals surface area contributed by atoms with Crippen LogP contribution in [0.3, 0.4) is 0 Å². The second kappa shape index (κ2) is 7.62. The predicted octanol–water partition coefficient (Wildman–Crippen LogP) is 3.38. The van der Waals surface area contributed by atoms with E-state index < -0.39 is 0 Å². The normalized spacial score (nSPS) is 19.9. The zero-order chi connectivity index (χ0) is 20.0. The molecule has 1 aromatic carbocycles. The molecule has 0 amide bonds. The molecule has 1 saturated heterocycles. The Morgan fingerprint density at radius 3 is 2.59 bits per heavy atom. The maximum absolute atomic E-state index is 12.9. The van der Waals surface area contributed by atoms with Crippen LogP contribution in [0.4, 0.5) is 0 Å². The van der Waals surface area contributed by atoms with E-state index in [2.05, 4.69) is 52.5 Å². The molecule has 2 aromatic rings. The smallest absolute Gasteiger partial charge is 0.178 e. The first-order valence-electron chi connectivity index (χ1n) is 11.0. The molecule has 29 heavy (non-hydrogen) atoms. The van der Waals surface area contributed by atoms with Crippen LogP contribution in [-0.4, -0.2) is 59.5 Å². The highest BCUT2D eigenvalue weighted by Crippen LogP contribution is 2.38. The van der Waals surface area contributed by atoms with Crippen LogP contribution in [0.15, 0.2) is 24.3 Å². The number of benzene rings is 1. The molecule has 0 atom stereocenters. The topological polar surface area (TPSA) is 37.7 Å². The van der Waals surface area contributed by atoms with Gasteiger partial charge in [0.1, 0.15) is 5.75 Å². The van der Waals surface area contributed by atoms with Crippen LogP contribution >= 0.6 is 0 Å². The fourth-order valence-corrected chi connectivity index (χ4v) is 4.94. The van der Waals surface area contributed by atoms with E-state index in [0.717, 1.165) is 62.8 Å². The third-order valence-electron chi connectivity index (χ3n) is 6.69. The van der Waals surface area contributed by atoms with Crippen LogP contribution < -0.4 is 4.74 Å². The molecule has 3 aliphatic rings. The Balaban J connectivity index is 1.15. The molecular formula is C24H31N3O2. The summed E-state index contributed by atoms with van der Waals surface area (Å²) in [6.45, 7) is 10.5. The van der Waals surface area contributed by atoms with Gasteiger partial charge in [-0.1, -0.05) is 12.1 Å². The van der Waals surface area contributed by atoms with Gasteiger partial charge in [0.15, 0.2) is 5.78 Å². The van der Waals surface area contributed by atoms with Crippen molar-refractivity contribution in [3.8, 4) is 5.75 Å². The molecule has 5 heteroatoms. The van der Waals surface area contributed by atoms with Crippen LogP contribution in [-0.2, 0) is 13.0 Å². The van der Waals surface area contributed by atoms with Gasteiger partial charge < -0.3 is 9.30 Å². The zero-order valence-electron chi connectivity index (χ0n) is 17.6. The third-order valence-corrected chi connectivity index (χ3v) is 6.69. The first kappa shape index (κ1) is 18.9. The third kappa shape index (κ3) is 3.86. The maximum Gasteiger partial charge on any atom is 0.178 e. The zero-order valence-corrected chi connectivity index (χ0v) is 17.6. The molecule has 0 spiro atoms. The molecule has 1 aromatic heterocycles. The largest absolute Gasteiger partial charge is 0.493 e. The summed E-state index contributed by atoms with van der Waals surface area (Å²) in [4.78, 5) is 17.8. The van der Waals surface area contributed by atoms with E-state index >= 15 is 0 Å². The lowest BCUT2D eigenvalue weighted by atomic mass is 10.1. The van der Waals surface area contributed by atoms with Gasteiger partial charge in [-0.15, -0.1) is 0 Å². The molecule has 5 rings (SSSR count). The summed E-state index contributed by atoms with van der Waals surface area (Å²) >= 11 is 0. The van der Waals surface area contributed by atoms with Crippen molar-refractivity contribution in [2.75, 3.05) is 39.3 Å². The monoisotopic (exact) mass is 393 g/mol. The van der Waals surface area contributed by atoms with E-state index in [1.807, 2.05) is 0 Å². The van der Waals surface area contributed by atoms with Crippen molar-refractivity contribution in [2.24, 2.45) is 0 Å². The minimum absolute atomic E-state index is 0.275. The van der Waals surface area contributed by atoms with Gasteiger partial charge in [-0.3, -0.25) is 14.6 Å². The number of fused-ring (bicyclic) bond motifs is 1. The summed E-state index contributed by atoms with van der Waals surface area (Å²) in [7, 11) is 0. The van der Waals surface area contributed by atoms with Gasteiger partial charge in [0.25, 0.3) is 0 Å². The number of aryl methyl sites for hydroxylation is 1. The number of rotatable bonds is 6. The number of carbonyl (C=O) groups excluding carboxylic acids is 1. The number of piperazine rings is 1. The molecule has 2 fully saturated rings. The molecule has 0 bridgehead atoms. The predicted molar refractivity (Wildman–Crippen MR) is 114 cm³/mol. The number of hydrogen-bond donors (Lipinski definition) is 0. The molecule has 3 heterocycles. The van der Waals surface area contributed by atoms with Gasteiger partial charge in [-0.05, 0) is 49.9 Å². The summed E-state index contributed by atoms with van der Waals surface area (Å²) < 4.78 is 7.98. The highest BCUT2D eigenvalue weighted by molar-refractivity contribution is 5.99. The average Bonchev–Trinajstić information content (AvgIpc) is 3.34. The number of nitrogens with zero attached hydrogens (tertiary/aromatic N) is 3. The molecule has 1 saturated carbocycles. The van der Waals surface area contributed by atoms with Crippen LogP contribution in [0.25, 0.3) is 0 Å². The first-order valence-corrected chi connectivity index (χ1v) is 11.0. The van der Waals surface area contributed by atoms with Gasteiger partial charge in [0.05, 0.1) is 13.2 Å². The van der Waals surface area contributed by atoms with Crippen molar-refractivity contribution >= 4 is 5.78 Å². The van der Waals surface area contributed by atoms with Crippen molar-refractivity contribution in [3.05, 3.63) is 52.3 Å². The van der Waals surface area contributed by atoms with E-state index in [9.17, 15) is 4.79 Å². The molecule has 0 N–H and O–H groups in total. The number of ketones is 1. The van der Waals surface area contributed by atoms with Crippen molar-refractivity contribution in [1.29, 1.82) is 0 Å². The van der Waals surface area contributed by atoms with Crippen molar-refractivity contribution < 1.29 is 9.53 Å². The summed E-state index contributed by atoms with van der Waals surface area (Å²) in [5.74, 6) is 1.33. The minimum Gasteiger partial charge on any atom is -0.493 e. The first-order chi connectivity index (χ1) is 14.1. The highest BCUT2D eigenvalue weighted by Gasteiger charge is 2.29. The number of aromatic nitrogens is 1. The van der Waals surface area contributed by atoms with Gasteiger partial charge >= 0.3 is 0 Å². The number of carbonyl (C=O) groups is 1. The van der Waals surface area contributed by atoms with E-state index in [0.29, 0.717) is 12.6 Å². The number of hydrogen-bond acceptors (Lipinski definition) is 4. The summed E-state index contributed by atoms with van der Waals surface area (Å²) in [5.41, 5.74) is 6.03. The van der Waals surface area contributed by atoms with Crippen molar-refractivity contribution in [2.45, 2.75) is 45.7 Å². The van der Waals surface area contributed by atoms with Gasteiger partial charge in [-0.2, -0.15) is 0 Å². The second-order valence-corrected chi connectivity index (χ2v) is 8.90. The van der Waals surface area contributed by atoms with Gasteiger partial charge in [0.2, 0.25) is 0 Å². The minimum atomic E-state index is 0.275. The highest BCUT2D eigenvalue weighted by atomic mass is 16.5. The van der Waals surface area contributed by atoms with Gasteiger partial charge in [-0.25, -0.2) is 0 Å². The number of ether oxygens (including phenoxy) is 1. The maximum atomic E-state index is 12.9. The molecule has 154 valence electrons. The lowest BCUT2D eigenvalue weighted by molar-refractivity contribution is 0.0843. The van der Waals surface area contributed by atoms with Gasteiger partial charge in [0, 0.05) is 62.1 Å². The summed E-state index contributed by atoms with van der Waals surface area (Å²) in [5, 5.41) is 0. The Morgan fingerprint density at radius 2 is 1.83 bits per heavy atom. The Kier molecular flexibility index (Phi) is 4.96. The lowest BCUT2D eigenvalue weighted by Crippen LogP contribution is -2.47. The Bertz CT molecular complexity index is 920. The van der Waals surface area contributed by atoms with E-state index in [-0.39, 0.29) is 5.78 Å². The van der Waals surface area contributed by atoms with Crippen LogP contribution in [0.2, 0.25) is 0 Å². The van der Waals surface area contributed by atoms with E-state index in [1.54, 1.807) is 0 Å². The van der Waals surface area contributed by atoms with Crippen LogP contribution in [0.5, 0.6) is 5.75 Å². The quantitative estimate of drug-likeness (QED) is 0.705. The number of Topliss-reactive ketones (excluding diaryl/α,β-unsaturated/α-hetero) is 1. The molecule has 5 nitrogen and oxygen atoms in total. The Labute approximate surface area is 173 Å². The molecule has 0 radical (unpaired) electrons.